The number of rotatable bonds is 4. The SMILES string of the molecule is CC(C)(C)[Si](C)(C)OCCc1c[nH]c2c1CCCC2. The molecule has 19 heavy (non-hydrogen) atoms. The highest BCUT2D eigenvalue weighted by Crippen LogP contribution is 2.36. The standard InChI is InChI=1S/C16H29NOSi/c1-16(2,3)19(4,5)18-11-10-13-12-17-15-9-7-6-8-14(13)15/h12,17H,6-11H2,1-5H3. The van der Waals surface area contributed by atoms with Crippen molar-refractivity contribution in [1.82, 2.24) is 4.98 Å². The molecule has 0 saturated carbocycles. The van der Waals surface area contributed by atoms with Crippen LogP contribution in [0.15, 0.2) is 6.20 Å². The average Bonchev–Trinajstić information content (AvgIpc) is 2.71. The van der Waals surface area contributed by atoms with Gasteiger partial charge in [0.15, 0.2) is 8.32 Å². The third-order valence-electron chi connectivity index (χ3n) is 4.92. The zero-order chi connectivity index (χ0) is 14.1. The van der Waals surface area contributed by atoms with Crippen LogP contribution in [0.3, 0.4) is 0 Å². The maximum absolute atomic E-state index is 6.28. The average molecular weight is 280 g/mol. The maximum atomic E-state index is 6.28. The first kappa shape index (κ1) is 14.9. The lowest BCUT2D eigenvalue weighted by Gasteiger charge is -2.36. The van der Waals surface area contributed by atoms with Gasteiger partial charge in [0.25, 0.3) is 0 Å². The summed E-state index contributed by atoms with van der Waals surface area (Å²) in [5.74, 6) is 0. The maximum Gasteiger partial charge on any atom is 0.191 e. The van der Waals surface area contributed by atoms with E-state index in [1.165, 1.54) is 36.9 Å². The Morgan fingerprint density at radius 3 is 2.58 bits per heavy atom. The van der Waals surface area contributed by atoms with Crippen molar-refractivity contribution >= 4 is 8.32 Å². The number of hydrogen-bond acceptors (Lipinski definition) is 1. The molecule has 0 aliphatic heterocycles. The molecular formula is C16H29NOSi. The summed E-state index contributed by atoms with van der Waals surface area (Å²) in [6.07, 6.45) is 8.46. The molecule has 0 fully saturated rings. The van der Waals surface area contributed by atoms with E-state index in [4.69, 9.17) is 4.43 Å². The number of aromatic amines is 1. The molecule has 0 amide bonds. The normalized spacial score (nSPS) is 16.5. The predicted octanol–water partition coefficient (Wildman–Crippen LogP) is 4.46. The number of aryl methyl sites for hydroxylation is 1. The van der Waals surface area contributed by atoms with Crippen LogP contribution in [0, 0.1) is 0 Å². The minimum Gasteiger partial charge on any atom is -0.416 e. The molecule has 1 heterocycles. The van der Waals surface area contributed by atoms with Crippen LogP contribution in [0.25, 0.3) is 0 Å². The van der Waals surface area contributed by atoms with E-state index in [9.17, 15) is 0 Å². The van der Waals surface area contributed by atoms with Gasteiger partial charge in [0.2, 0.25) is 0 Å². The fourth-order valence-corrected chi connectivity index (χ4v) is 3.58. The number of H-pyrrole nitrogens is 1. The molecule has 0 radical (unpaired) electrons. The van der Waals surface area contributed by atoms with E-state index in [1.54, 1.807) is 5.56 Å². The molecule has 1 aromatic rings. The van der Waals surface area contributed by atoms with Crippen LogP contribution < -0.4 is 0 Å². The van der Waals surface area contributed by atoms with Gasteiger partial charge in [-0.3, -0.25) is 0 Å². The first-order chi connectivity index (χ1) is 8.81. The van der Waals surface area contributed by atoms with E-state index in [-0.39, 0.29) is 0 Å². The Labute approximate surface area is 119 Å². The topological polar surface area (TPSA) is 25.0 Å². The van der Waals surface area contributed by atoms with Gasteiger partial charge in [-0.2, -0.15) is 0 Å². The molecule has 3 heteroatoms. The van der Waals surface area contributed by atoms with Gasteiger partial charge in [-0.1, -0.05) is 20.8 Å². The van der Waals surface area contributed by atoms with Crippen LogP contribution in [0.4, 0.5) is 0 Å². The van der Waals surface area contributed by atoms with Crippen molar-refractivity contribution in [3.63, 3.8) is 0 Å². The monoisotopic (exact) mass is 279 g/mol. The van der Waals surface area contributed by atoms with E-state index >= 15 is 0 Å². The molecule has 0 spiro atoms. The molecular weight excluding hydrogens is 250 g/mol. The molecule has 1 aliphatic rings. The minimum atomic E-state index is -1.58. The molecule has 0 bridgehead atoms. The van der Waals surface area contributed by atoms with Gasteiger partial charge in [-0.05, 0) is 61.4 Å². The number of aromatic nitrogens is 1. The Morgan fingerprint density at radius 1 is 1.21 bits per heavy atom. The second kappa shape index (κ2) is 5.45. The van der Waals surface area contributed by atoms with Gasteiger partial charge in [0.05, 0.1) is 0 Å². The van der Waals surface area contributed by atoms with E-state index in [1.807, 2.05) is 0 Å². The van der Waals surface area contributed by atoms with Gasteiger partial charge in [-0.25, -0.2) is 0 Å². The van der Waals surface area contributed by atoms with Crippen molar-refractivity contribution in [2.24, 2.45) is 0 Å². The second-order valence-electron chi connectivity index (χ2n) is 7.34. The number of nitrogens with one attached hydrogen (secondary N) is 1. The van der Waals surface area contributed by atoms with Gasteiger partial charge in [0.1, 0.15) is 0 Å². The third-order valence-corrected chi connectivity index (χ3v) is 9.45. The third kappa shape index (κ3) is 3.32. The predicted molar refractivity (Wildman–Crippen MR) is 84.3 cm³/mol. The van der Waals surface area contributed by atoms with Gasteiger partial charge in [-0.15, -0.1) is 0 Å². The molecule has 2 nitrogen and oxygen atoms in total. The van der Waals surface area contributed by atoms with Gasteiger partial charge >= 0.3 is 0 Å². The van der Waals surface area contributed by atoms with Crippen molar-refractivity contribution in [3.8, 4) is 0 Å². The van der Waals surface area contributed by atoms with Crippen molar-refractivity contribution in [3.05, 3.63) is 23.0 Å². The largest absolute Gasteiger partial charge is 0.416 e. The number of hydrogen-bond donors (Lipinski definition) is 1. The highest BCUT2D eigenvalue weighted by atomic mass is 28.4. The Kier molecular flexibility index (Phi) is 4.26. The first-order valence-corrected chi connectivity index (χ1v) is 10.5. The summed E-state index contributed by atoms with van der Waals surface area (Å²) >= 11 is 0. The summed E-state index contributed by atoms with van der Waals surface area (Å²) in [6.45, 7) is 12.5. The number of fused-ring (bicyclic) bond motifs is 1. The molecule has 0 saturated heterocycles. The minimum absolute atomic E-state index is 0.310. The summed E-state index contributed by atoms with van der Waals surface area (Å²) in [6, 6.07) is 0. The van der Waals surface area contributed by atoms with Crippen LogP contribution in [-0.4, -0.2) is 19.9 Å². The van der Waals surface area contributed by atoms with Crippen LogP contribution in [-0.2, 0) is 23.7 Å². The summed E-state index contributed by atoms with van der Waals surface area (Å²) in [7, 11) is -1.58. The molecule has 1 N–H and O–H groups in total. The molecule has 108 valence electrons. The van der Waals surface area contributed by atoms with E-state index in [0.29, 0.717) is 5.04 Å². The Hall–Kier alpha value is -0.543. The lowest BCUT2D eigenvalue weighted by Crippen LogP contribution is -2.41. The molecule has 1 aliphatic carbocycles. The van der Waals surface area contributed by atoms with Crippen LogP contribution in [0.1, 0.15) is 50.4 Å². The van der Waals surface area contributed by atoms with Crippen LogP contribution in [0.5, 0.6) is 0 Å². The zero-order valence-electron chi connectivity index (χ0n) is 13.2. The Balaban J connectivity index is 1.91. The van der Waals surface area contributed by atoms with Crippen LogP contribution in [0.2, 0.25) is 18.1 Å². The summed E-state index contributed by atoms with van der Waals surface area (Å²) in [4.78, 5) is 3.46. The highest BCUT2D eigenvalue weighted by molar-refractivity contribution is 6.74. The van der Waals surface area contributed by atoms with Crippen LogP contribution >= 0.6 is 0 Å². The van der Waals surface area contributed by atoms with Crippen molar-refractivity contribution in [2.75, 3.05) is 6.61 Å². The van der Waals surface area contributed by atoms with E-state index in [0.717, 1.165) is 13.0 Å². The second-order valence-corrected chi connectivity index (χ2v) is 12.1. The summed E-state index contributed by atoms with van der Waals surface area (Å²) in [5, 5.41) is 0.310. The van der Waals surface area contributed by atoms with E-state index < -0.39 is 8.32 Å². The highest BCUT2D eigenvalue weighted by Gasteiger charge is 2.36. The van der Waals surface area contributed by atoms with E-state index in [2.05, 4.69) is 45.0 Å². The Morgan fingerprint density at radius 2 is 1.89 bits per heavy atom. The fourth-order valence-electron chi connectivity index (χ4n) is 2.54. The molecule has 2 rings (SSSR count). The van der Waals surface area contributed by atoms with Crippen molar-refractivity contribution in [2.45, 2.75) is 71.0 Å². The van der Waals surface area contributed by atoms with Gasteiger partial charge < -0.3 is 9.41 Å². The quantitative estimate of drug-likeness (QED) is 0.809. The Bertz CT molecular complexity index is 428. The van der Waals surface area contributed by atoms with Gasteiger partial charge in [0, 0.05) is 18.5 Å². The lowest BCUT2D eigenvalue weighted by molar-refractivity contribution is 0.291. The summed E-state index contributed by atoms with van der Waals surface area (Å²) in [5.41, 5.74) is 4.56. The lowest BCUT2D eigenvalue weighted by atomic mass is 9.94. The first-order valence-electron chi connectivity index (χ1n) is 7.63. The molecule has 0 unspecified atom stereocenters. The zero-order valence-corrected chi connectivity index (χ0v) is 14.2. The summed E-state index contributed by atoms with van der Waals surface area (Å²) < 4.78 is 6.28. The molecule has 0 atom stereocenters. The fraction of sp³-hybridized carbons (Fsp3) is 0.750. The van der Waals surface area contributed by atoms with Crippen molar-refractivity contribution < 1.29 is 4.43 Å². The van der Waals surface area contributed by atoms with Crippen molar-refractivity contribution in [1.29, 1.82) is 0 Å². The smallest absolute Gasteiger partial charge is 0.191 e. The molecule has 1 aromatic heterocycles. The molecule has 0 aromatic carbocycles.